The van der Waals surface area contributed by atoms with Crippen molar-refractivity contribution in [1.29, 1.82) is 0 Å². The van der Waals surface area contributed by atoms with Crippen LogP contribution in [-0.4, -0.2) is 18.4 Å². The third-order valence-corrected chi connectivity index (χ3v) is 3.14. The van der Waals surface area contributed by atoms with Crippen LogP contribution in [0.1, 0.15) is 21.6 Å². The molecule has 0 aliphatic heterocycles. The molecule has 104 valence electrons. The molecule has 0 radical (unpaired) electrons. The summed E-state index contributed by atoms with van der Waals surface area (Å²) in [7, 11) is 1.50. The number of carbonyl (C=O) groups excluding carboxylic acids is 1. The third kappa shape index (κ3) is 3.08. The van der Waals surface area contributed by atoms with Crippen molar-refractivity contribution in [3.8, 4) is 11.5 Å². The van der Waals surface area contributed by atoms with E-state index in [0.717, 1.165) is 11.3 Å². The summed E-state index contributed by atoms with van der Waals surface area (Å²) in [6, 6.07) is 6.95. The summed E-state index contributed by atoms with van der Waals surface area (Å²) in [6.07, 6.45) is 2.42. The topological polar surface area (TPSA) is 48.4 Å². The molecule has 1 heterocycles. The number of hydrogen-bond acceptors (Lipinski definition) is 4. The van der Waals surface area contributed by atoms with E-state index in [1.807, 2.05) is 19.1 Å². The van der Waals surface area contributed by atoms with Gasteiger partial charge in [-0.2, -0.15) is 0 Å². The number of methoxy groups -OCH3 is 1. The minimum absolute atomic E-state index is 0.281. The van der Waals surface area contributed by atoms with Gasteiger partial charge in [0.15, 0.2) is 11.5 Å². The predicted octanol–water partition coefficient (Wildman–Crippen LogP) is 3.44. The SMILES string of the molecule is COc1cc(C=O)cc(Cl)c1OCc1ncccc1C. The summed E-state index contributed by atoms with van der Waals surface area (Å²) in [4.78, 5) is 15.0. The summed E-state index contributed by atoms with van der Waals surface area (Å²) < 4.78 is 10.9. The first-order chi connectivity index (χ1) is 9.65. The van der Waals surface area contributed by atoms with Gasteiger partial charge in [0.05, 0.1) is 17.8 Å². The van der Waals surface area contributed by atoms with E-state index in [2.05, 4.69) is 4.98 Å². The van der Waals surface area contributed by atoms with Gasteiger partial charge < -0.3 is 9.47 Å². The van der Waals surface area contributed by atoms with Crippen LogP contribution in [0.15, 0.2) is 30.5 Å². The van der Waals surface area contributed by atoms with Crippen LogP contribution < -0.4 is 9.47 Å². The van der Waals surface area contributed by atoms with Crippen LogP contribution in [0, 0.1) is 6.92 Å². The van der Waals surface area contributed by atoms with Crippen molar-refractivity contribution in [2.24, 2.45) is 0 Å². The molecule has 0 fully saturated rings. The molecule has 0 spiro atoms. The van der Waals surface area contributed by atoms with Gasteiger partial charge in [-0.3, -0.25) is 9.78 Å². The molecule has 0 bridgehead atoms. The standard InChI is InChI=1S/C15H14ClNO3/c1-10-4-3-5-17-13(10)9-20-15-12(16)6-11(8-18)7-14(15)19-2/h3-8H,9H2,1-2H3. The number of nitrogens with zero attached hydrogens (tertiary/aromatic N) is 1. The molecule has 2 aromatic rings. The van der Waals surface area contributed by atoms with Gasteiger partial charge in [-0.1, -0.05) is 17.7 Å². The summed E-state index contributed by atoms with van der Waals surface area (Å²) >= 11 is 6.11. The molecular weight excluding hydrogens is 278 g/mol. The van der Waals surface area contributed by atoms with Crippen molar-refractivity contribution in [3.63, 3.8) is 0 Å². The summed E-state index contributed by atoms with van der Waals surface area (Å²) in [6.45, 7) is 2.24. The third-order valence-electron chi connectivity index (χ3n) is 2.86. The Balaban J connectivity index is 2.25. The summed E-state index contributed by atoms with van der Waals surface area (Å²) in [5.74, 6) is 0.831. The van der Waals surface area contributed by atoms with E-state index in [4.69, 9.17) is 21.1 Å². The number of carbonyl (C=O) groups is 1. The molecule has 1 aromatic carbocycles. The van der Waals surface area contributed by atoms with Crippen LogP contribution in [0.3, 0.4) is 0 Å². The van der Waals surface area contributed by atoms with Crippen molar-refractivity contribution in [2.45, 2.75) is 13.5 Å². The number of aryl methyl sites for hydroxylation is 1. The lowest BCUT2D eigenvalue weighted by molar-refractivity contribution is 0.112. The fourth-order valence-electron chi connectivity index (χ4n) is 1.76. The molecule has 1 aromatic heterocycles. The highest BCUT2D eigenvalue weighted by Crippen LogP contribution is 2.36. The fraction of sp³-hybridized carbons (Fsp3) is 0.200. The van der Waals surface area contributed by atoms with E-state index in [0.29, 0.717) is 28.4 Å². The first-order valence-corrected chi connectivity index (χ1v) is 6.39. The number of rotatable bonds is 5. The normalized spacial score (nSPS) is 10.2. The Morgan fingerprint density at radius 3 is 2.85 bits per heavy atom. The van der Waals surface area contributed by atoms with Crippen LogP contribution >= 0.6 is 11.6 Å². The zero-order valence-corrected chi connectivity index (χ0v) is 12.0. The molecule has 0 N–H and O–H groups in total. The fourth-order valence-corrected chi connectivity index (χ4v) is 2.03. The van der Waals surface area contributed by atoms with Gasteiger partial charge in [-0.05, 0) is 30.7 Å². The maximum absolute atomic E-state index is 10.8. The molecule has 0 aliphatic rings. The van der Waals surface area contributed by atoms with E-state index in [1.165, 1.54) is 13.2 Å². The van der Waals surface area contributed by atoms with Crippen LogP contribution in [0.2, 0.25) is 5.02 Å². The van der Waals surface area contributed by atoms with Crippen molar-refractivity contribution in [1.82, 2.24) is 4.98 Å². The molecule has 0 unspecified atom stereocenters. The van der Waals surface area contributed by atoms with Crippen LogP contribution in [0.25, 0.3) is 0 Å². The number of aldehydes is 1. The first-order valence-electron chi connectivity index (χ1n) is 6.01. The predicted molar refractivity (Wildman–Crippen MR) is 76.7 cm³/mol. The number of halogens is 1. The van der Waals surface area contributed by atoms with Crippen LogP contribution in [0.5, 0.6) is 11.5 Å². The second kappa shape index (κ2) is 6.39. The van der Waals surface area contributed by atoms with E-state index in [1.54, 1.807) is 12.3 Å². The Morgan fingerprint density at radius 1 is 1.40 bits per heavy atom. The number of pyridine rings is 1. The number of aromatic nitrogens is 1. The maximum Gasteiger partial charge on any atom is 0.180 e. The van der Waals surface area contributed by atoms with Crippen molar-refractivity contribution in [3.05, 3.63) is 52.3 Å². The maximum atomic E-state index is 10.8. The van der Waals surface area contributed by atoms with Crippen molar-refractivity contribution < 1.29 is 14.3 Å². The Labute approximate surface area is 122 Å². The first kappa shape index (κ1) is 14.3. The summed E-state index contributed by atoms with van der Waals surface area (Å²) in [5.41, 5.74) is 2.30. The zero-order chi connectivity index (χ0) is 14.5. The smallest absolute Gasteiger partial charge is 0.180 e. The zero-order valence-electron chi connectivity index (χ0n) is 11.2. The van der Waals surface area contributed by atoms with E-state index in [-0.39, 0.29) is 6.61 Å². The van der Waals surface area contributed by atoms with Gasteiger partial charge in [0.1, 0.15) is 12.9 Å². The Bertz CT molecular complexity index is 629. The lowest BCUT2D eigenvalue weighted by Crippen LogP contribution is -2.02. The molecule has 4 nitrogen and oxygen atoms in total. The van der Waals surface area contributed by atoms with Crippen LogP contribution in [-0.2, 0) is 6.61 Å². The largest absolute Gasteiger partial charge is 0.493 e. The quantitative estimate of drug-likeness (QED) is 0.792. The van der Waals surface area contributed by atoms with Crippen molar-refractivity contribution in [2.75, 3.05) is 7.11 Å². The van der Waals surface area contributed by atoms with Crippen molar-refractivity contribution >= 4 is 17.9 Å². The molecule has 0 atom stereocenters. The minimum Gasteiger partial charge on any atom is -0.493 e. The molecule has 0 saturated heterocycles. The highest BCUT2D eigenvalue weighted by atomic mass is 35.5. The molecule has 0 aliphatic carbocycles. The molecule has 20 heavy (non-hydrogen) atoms. The Hall–Kier alpha value is -2.07. The van der Waals surface area contributed by atoms with Gasteiger partial charge in [0.25, 0.3) is 0 Å². The second-order valence-electron chi connectivity index (χ2n) is 4.21. The minimum atomic E-state index is 0.281. The molecule has 5 heteroatoms. The van der Waals surface area contributed by atoms with Gasteiger partial charge in [0.2, 0.25) is 0 Å². The van der Waals surface area contributed by atoms with E-state index >= 15 is 0 Å². The van der Waals surface area contributed by atoms with Gasteiger partial charge in [0, 0.05) is 11.8 Å². The number of benzene rings is 1. The number of ether oxygens (including phenoxy) is 2. The summed E-state index contributed by atoms with van der Waals surface area (Å²) in [5, 5.41) is 0.333. The molecule has 0 amide bonds. The monoisotopic (exact) mass is 291 g/mol. The highest BCUT2D eigenvalue weighted by molar-refractivity contribution is 6.32. The Kier molecular flexibility index (Phi) is 4.58. The molecular formula is C15H14ClNO3. The lowest BCUT2D eigenvalue weighted by atomic mass is 10.2. The lowest BCUT2D eigenvalue weighted by Gasteiger charge is -2.13. The van der Waals surface area contributed by atoms with Gasteiger partial charge in [-0.15, -0.1) is 0 Å². The Morgan fingerprint density at radius 2 is 2.20 bits per heavy atom. The van der Waals surface area contributed by atoms with Gasteiger partial charge >= 0.3 is 0 Å². The molecule has 0 saturated carbocycles. The average Bonchev–Trinajstić information content (AvgIpc) is 2.46. The average molecular weight is 292 g/mol. The highest BCUT2D eigenvalue weighted by Gasteiger charge is 2.12. The van der Waals surface area contributed by atoms with Crippen LogP contribution in [0.4, 0.5) is 0 Å². The van der Waals surface area contributed by atoms with E-state index in [9.17, 15) is 4.79 Å². The molecule has 2 rings (SSSR count). The van der Waals surface area contributed by atoms with Gasteiger partial charge in [-0.25, -0.2) is 0 Å². The number of hydrogen-bond donors (Lipinski definition) is 0. The van der Waals surface area contributed by atoms with E-state index < -0.39 is 0 Å². The second-order valence-corrected chi connectivity index (χ2v) is 4.61.